The molecule has 19 heavy (non-hydrogen) atoms. The van der Waals surface area contributed by atoms with Crippen LogP contribution in [0.25, 0.3) is 10.9 Å². The summed E-state index contributed by atoms with van der Waals surface area (Å²) in [5.74, 6) is 0. The Hall–Kier alpha value is -1.61. The Kier molecular flexibility index (Phi) is 2.33. The van der Waals surface area contributed by atoms with Crippen molar-refractivity contribution in [2.24, 2.45) is 4.99 Å². The number of nitrogens with zero attached hydrogens (tertiary/aromatic N) is 2. The Morgan fingerprint density at radius 3 is 3.11 bits per heavy atom. The number of aliphatic imine (C=N–C) groups is 1. The number of hydrogen-bond donors (Lipinski definition) is 1. The summed E-state index contributed by atoms with van der Waals surface area (Å²) in [6, 6.07) is 6.63. The number of rotatable bonds is 0. The SMILES string of the molecule is Cc1ccc2c(c1)c1c3n2CC(O)CN=C3CCC1. The minimum absolute atomic E-state index is 0.362. The van der Waals surface area contributed by atoms with Crippen LogP contribution in [0, 0.1) is 6.92 Å². The van der Waals surface area contributed by atoms with E-state index in [1.165, 1.54) is 39.9 Å². The molecule has 1 aliphatic carbocycles. The second kappa shape index (κ2) is 3.94. The fourth-order valence-corrected chi connectivity index (χ4v) is 3.50. The monoisotopic (exact) mass is 254 g/mol. The average molecular weight is 254 g/mol. The first-order valence-electron chi connectivity index (χ1n) is 7.07. The molecule has 1 aromatic carbocycles. The Labute approximate surface area is 112 Å². The molecule has 1 aromatic heterocycles. The normalized spacial score (nSPS) is 22.0. The lowest BCUT2D eigenvalue weighted by atomic mass is 9.93. The van der Waals surface area contributed by atoms with Crippen LogP contribution < -0.4 is 0 Å². The third kappa shape index (κ3) is 1.58. The van der Waals surface area contributed by atoms with Crippen LogP contribution >= 0.6 is 0 Å². The Bertz CT molecular complexity index is 696. The van der Waals surface area contributed by atoms with E-state index in [9.17, 15) is 5.11 Å². The van der Waals surface area contributed by atoms with E-state index in [1.807, 2.05) is 0 Å². The standard InChI is InChI=1S/C16H18N2O/c1-10-5-6-15-13(7-10)12-3-2-4-14-16(12)18(15)9-11(19)8-17-14/h5-7,11,19H,2-4,8-9H2,1H3. The summed E-state index contributed by atoms with van der Waals surface area (Å²) in [5, 5.41) is 11.4. The fourth-order valence-electron chi connectivity index (χ4n) is 3.50. The van der Waals surface area contributed by atoms with Gasteiger partial charge in [-0.1, -0.05) is 11.6 Å². The Morgan fingerprint density at radius 1 is 1.32 bits per heavy atom. The van der Waals surface area contributed by atoms with Crippen molar-refractivity contribution in [2.75, 3.05) is 6.54 Å². The number of aliphatic hydroxyl groups excluding tert-OH is 1. The van der Waals surface area contributed by atoms with Crippen molar-refractivity contribution in [3.8, 4) is 0 Å². The average Bonchev–Trinajstić information content (AvgIpc) is 2.60. The Morgan fingerprint density at radius 2 is 2.21 bits per heavy atom. The minimum Gasteiger partial charge on any atom is -0.389 e. The maximum absolute atomic E-state index is 10.1. The molecular weight excluding hydrogens is 236 g/mol. The lowest BCUT2D eigenvalue weighted by Gasteiger charge is -2.16. The van der Waals surface area contributed by atoms with Crippen molar-refractivity contribution in [1.29, 1.82) is 0 Å². The summed E-state index contributed by atoms with van der Waals surface area (Å²) >= 11 is 0. The van der Waals surface area contributed by atoms with Crippen LogP contribution in [0.5, 0.6) is 0 Å². The van der Waals surface area contributed by atoms with E-state index >= 15 is 0 Å². The fraction of sp³-hybridized carbons (Fsp3) is 0.438. The summed E-state index contributed by atoms with van der Waals surface area (Å²) < 4.78 is 2.29. The third-order valence-corrected chi connectivity index (χ3v) is 4.32. The summed E-state index contributed by atoms with van der Waals surface area (Å²) in [6.07, 6.45) is 3.00. The van der Waals surface area contributed by atoms with E-state index in [0.717, 1.165) is 12.8 Å². The maximum atomic E-state index is 10.1. The van der Waals surface area contributed by atoms with Gasteiger partial charge in [-0.15, -0.1) is 0 Å². The molecule has 1 unspecified atom stereocenters. The molecule has 2 aromatic rings. The van der Waals surface area contributed by atoms with Crippen LogP contribution in [0.2, 0.25) is 0 Å². The van der Waals surface area contributed by atoms with E-state index in [4.69, 9.17) is 0 Å². The first-order chi connectivity index (χ1) is 9.24. The van der Waals surface area contributed by atoms with Crippen LogP contribution in [0.1, 0.15) is 29.7 Å². The first-order valence-corrected chi connectivity index (χ1v) is 7.07. The second-order valence-corrected chi connectivity index (χ2v) is 5.75. The minimum atomic E-state index is -0.362. The van der Waals surface area contributed by atoms with Crippen molar-refractivity contribution < 1.29 is 5.11 Å². The van der Waals surface area contributed by atoms with Gasteiger partial charge in [0.25, 0.3) is 0 Å². The highest BCUT2D eigenvalue weighted by Crippen LogP contribution is 2.34. The predicted molar refractivity (Wildman–Crippen MR) is 77.0 cm³/mol. The van der Waals surface area contributed by atoms with Gasteiger partial charge in [0.2, 0.25) is 0 Å². The maximum Gasteiger partial charge on any atom is 0.0914 e. The van der Waals surface area contributed by atoms with Crippen LogP contribution in [0.3, 0.4) is 0 Å². The van der Waals surface area contributed by atoms with E-state index in [2.05, 4.69) is 34.7 Å². The number of aliphatic hydroxyl groups is 1. The largest absolute Gasteiger partial charge is 0.389 e. The molecule has 0 fully saturated rings. The van der Waals surface area contributed by atoms with Crippen molar-refractivity contribution in [3.63, 3.8) is 0 Å². The molecule has 0 bridgehead atoms. The predicted octanol–water partition coefficient (Wildman–Crippen LogP) is 2.45. The molecule has 4 rings (SSSR count). The van der Waals surface area contributed by atoms with Crippen molar-refractivity contribution in [2.45, 2.75) is 38.8 Å². The zero-order chi connectivity index (χ0) is 13.0. The molecule has 0 radical (unpaired) electrons. The molecule has 98 valence electrons. The Balaban J connectivity index is 2.10. The van der Waals surface area contributed by atoms with Gasteiger partial charge in [0, 0.05) is 10.9 Å². The van der Waals surface area contributed by atoms with Crippen molar-refractivity contribution in [1.82, 2.24) is 4.57 Å². The zero-order valence-corrected chi connectivity index (χ0v) is 11.2. The lowest BCUT2D eigenvalue weighted by Crippen LogP contribution is -2.18. The molecule has 3 heteroatoms. The quantitative estimate of drug-likeness (QED) is 0.770. The van der Waals surface area contributed by atoms with Gasteiger partial charge in [0.1, 0.15) is 0 Å². The van der Waals surface area contributed by atoms with Crippen LogP contribution in [-0.4, -0.2) is 28.0 Å². The summed E-state index contributed by atoms with van der Waals surface area (Å²) in [6.45, 7) is 3.35. The smallest absolute Gasteiger partial charge is 0.0914 e. The van der Waals surface area contributed by atoms with Crippen molar-refractivity contribution in [3.05, 3.63) is 35.0 Å². The molecule has 1 atom stereocenters. The number of aromatic nitrogens is 1. The van der Waals surface area contributed by atoms with Gasteiger partial charge in [-0.25, -0.2) is 0 Å². The van der Waals surface area contributed by atoms with Crippen molar-refractivity contribution >= 4 is 16.6 Å². The molecule has 0 saturated carbocycles. The first kappa shape index (κ1) is 11.2. The molecule has 1 aliphatic heterocycles. The highest BCUT2D eigenvalue weighted by Gasteiger charge is 2.27. The van der Waals surface area contributed by atoms with E-state index < -0.39 is 0 Å². The molecule has 0 spiro atoms. The molecule has 0 saturated heterocycles. The summed E-state index contributed by atoms with van der Waals surface area (Å²) in [7, 11) is 0. The third-order valence-electron chi connectivity index (χ3n) is 4.32. The number of fused-ring (bicyclic) bond motifs is 3. The van der Waals surface area contributed by atoms with Gasteiger partial charge in [-0.3, -0.25) is 4.99 Å². The van der Waals surface area contributed by atoms with E-state index in [0.29, 0.717) is 13.1 Å². The summed E-state index contributed by atoms with van der Waals surface area (Å²) in [4.78, 5) is 4.64. The molecular formula is C16H18N2O. The van der Waals surface area contributed by atoms with E-state index in [-0.39, 0.29) is 6.10 Å². The van der Waals surface area contributed by atoms with E-state index in [1.54, 1.807) is 0 Å². The number of hydrogen-bond acceptors (Lipinski definition) is 2. The number of aryl methyl sites for hydroxylation is 2. The van der Waals surface area contributed by atoms with Gasteiger partial charge in [-0.2, -0.15) is 0 Å². The van der Waals surface area contributed by atoms with Gasteiger partial charge in [-0.05, 0) is 43.9 Å². The lowest BCUT2D eigenvalue weighted by molar-refractivity contribution is 0.166. The molecule has 3 nitrogen and oxygen atoms in total. The van der Waals surface area contributed by atoms with Gasteiger partial charge < -0.3 is 9.67 Å². The van der Waals surface area contributed by atoms with Gasteiger partial charge in [0.15, 0.2) is 0 Å². The van der Waals surface area contributed by atoms with Crippen LogP contribution in [-0.2, 0) is 13.0 Å². The second-order valence-electron chi connectivity index (χ2n) is 5.75. The molecule has 0 amide bonds. The topological polar surface area (TPSA) is 37.5 Å². The molecule has 2 heterocycles. The molecule has 1 N–H and O–H groups in total. The summed E-state index contributed by atoms with van der Waals surface area (Å²) in [5.41, 5.74) is 6.49. The highest BCUT2D eigenvalue weighted by atomic mass is 16.3. The van der Waals surface area contributed by atoms with Crippen LogP contribution in [0.4, 0.5) is 0 Å². The highest BCUT2D eigenvalue weighted by molar-refractivity contribution is 6.07. The molecule has 2 aliphatic rings. The zero-order valence-electron chi connectivity index (χ0n) is 11.2. The van der Waals surface area contributed by atoms with Gasteiger partial charge in [0.05, 0.1) is 30.6 Å². The van der Waals surface area contributed by atoms with Gasteiger partial charge >= 0.3 is 0 Å². The van der Waals surface area contributed by atoms with Crippen LogP contribution in [0.15, 0.2) is 23.2 Å². The number of benzene rings is 1.